The van der Waals surface area contributed by atoms with E-state index in [0.29, 0.717) is 5.92 Å². The van der Waals surface area contributed by atoms with Crippen LogP contribution in [0.5, 0.6) is 5.75 Å². The van der Waals surface area contributed by atoms with Crippen molar-refractivity contribution in [2.24, 2.45) is 4.99 Å². The van der Waals surface area contributed by atoms with Crippen molar-refractivity contribution >= 4 is 5.96 Å². The summed E-state index contributed by atoms with van der Waals surface area (Å²) in [6.07, 6.45) is 0.991. The van der Waals surface area contributed by atoms with Gasteiger partial charge in [0.15, 0.2) is 5.96 Å². The average molecular weight is 358 g/mol. The smallest absolute Gasteiger partial charge is 0.190 e. The van der Waals surface area contributed by atoms with Gasteiger partial charge < -0.3 is 15.4 Å². The summed E-state index contributed by atoms with van der Waals surface area (Å²) in [6.45, 7) is 8.84. The number of nitrogens with one attached hydrogen (secondary N) is 2. The minimum Gasteiger partial charge on any atom is -0.496 e. The highest BCUT2D eigenvalue weighted by atomic mass is 16.5. The number of benzene rings is 1. The van der Waals surface area contributed by atoms with Gasteiger partial charge >= 0.3 is 0 Å². The molecule has 0 amide bonds. The number of aromatic nitrogens is 2. The molecule has 0 aliphatic carbocycles. The predicted molar refractivity (Wildman–Crippen MR) is 107 cm³/mol. The van der Waals surface area contributed by atoms with Gasteiger partial charge in [-0.25, -0.2) is 0 Å². The van der Waals surface area contributed by atoms with Crippen molar-refractivity contribution < 1.29 is 4.74 Å². The number of rotatable bonds is 8. The van der Waals surface area contributed by atoms with Gasteiger partial charge in [0.1, 0.15) is 5.75 Å². The van der Waals surface area contributed by atoms with Crippen molar-refractivity contribution in [2.75, 3.05) is 27.2 Å². The van der Waals surface area contributed by atoms with E-state index in [1.165, 1.54) is 11.3 Å². The van der Waals surface area contributed by atoms with Crippen molar-refractivity contribution in [3.63, 3.8) is 0 Å². The first-order valence-electron chi connectivity index (χ1n) is 9.13. The number of nitrogens with zero attached hydrogens (tertiary/aromatic N) is 3. The van der Waals surface area contributed by atoms with E-state index in [1.54, 1.807) is 14.2 Å². The molecule has 0 saturated carbocycles. The Balaban J connectivity index is 1.76. The van der Waals surface area contributed by atoms with Gasteiger partial charge in [-0.2, -0.15) is 5.10 Å². The highest BCUT2D eigenvalue weighted by Gasteiger charge is 2.11. The Kier molecular flexibility index (Phi) is 7.51. The third kappa shape index (κ3) is 5.51. The number of guanidine groups is 1. The van der Waals surface area contributed by atoms with Gasteiger partial charge in [0.05, 0.1) is 12.8 Å². The summed E-state index contributed by atoms with van der Waals surface area (Å²) in [5.41, 5.74) is 3.47. The number of hydrogen-bond acceptors (Lipinski definition) is 3. The Morgan fingerprint density at radius 3 is 2.69 bits per heavy atom. The van der Waals surface area contributed by atoms with E-state index >= 15 is 0 Å². The SMILES string of the molecule is CN=C(NCCCn1nc(C)cc1C)NCC(C)c1ccccc1OC. The number of ether oxygens (including phenoxy) is 1. The first kappa shape index (κ1) is 19.8. The molecule has 2 aromatic rings. The summed E-state index contributed by atoms with van der Waals surface area (Å²) in [5, 5.41) is 11.2. The third-order valence-electron chi connectivity index (χ3n) is 4.41. The molecule has 0 saturated heterocycles. The molecule has 1 heterocycles. The molecule has 0 spiro atoms. The zero-order valence-electron chi connectivity index (χ0n) is 16.5. The second kappa shape index (κ2) is 9.85. The van der Waals surface area contributed by atoms with Gasteiger partial charge in [0.2, 0.25) is 0 Å². The number of methoxy groups -OCH3 is 1. The number of aliphatic imine (C=N–C) groups is 1. The van der Waals surface area contributed by atoms with Crippen LogP contribution >= 0.6 is 0 Å². The minimum atomic E-state index is 0.319. The van der Waals surface area contributed by atoms with Crippen molar-refractivity contribution in [1.29, 1.82) is 0 Å². The zero-order valence-corrected chi connectivity index (χ0v) is 16.5. The maximum atomic E-state index is 5.45. The van der Waals surface area contributed by atoms with Gasteiger partial charge in [0, 0.05) is 38.3 Å². The van der Waals surface area contributed by atoms with Crippen LogP contribution in [-0.4, -0.2) is 43.0 Å². The second-order valence-electron chi connectivity index (χ2n) is 6.53. The van der Waals surface area contributed by atoms with Crippen LogP contribution in [0.15, 0.2) is 35.3 Å². The number of aryl methyl sites for hydroxylation is 3. The van der Waals surface area contributed by atoms with Crippen LogP contribution in [0, 0.1) is 13.8 Å². The van der Waals surface area contributed by atoms with Gasteiger partial charge in [-0.1, -0.05) is 25.1 Å². The lowest BCUT2D eigenvalue weighted by molar-refractivity contribution is 0.406. The lowest BCUT2D eigenvalue weighted by Gasteiger charge is -2.18. The predicted octanol–water partition coefficient (Wildman–Crippen LogP) is 2.87. The highest BCUT2D eigenvalue weighted by molar-refractivity contribution is 5.79. The van der Waals surface area contributed by atoms with Gasteiger partial charge in [-0.15, -0.1) is 0 Å². The van der Waals surface area contributed by atoms with Crippen molar-refractivity contribution in [1.82, 2.24) is 20.4 Å². The Morgan fingerprint density at radius 2 is 2.04 bits per heavy atom. The maximum Gasteiger partial charge on any atom is 0.190 e. The second-order valence-corrected chi connectivity index (χ2v) is 6.53. The molecule has 1 atom stereocenters. The molecule has 1 unspecified atom stereocenters. The molecule has 1 aromatic heterocycles. The summed E-state index contributed by atoms with van der Waals surface area (Å²) in [5.74, 6) is 2.06. The number of para-hydroxylation sites is 1. The fourth-order valence-corrected chi connectivity index (χ4v) is 2.99. The van der Waals surface area contributed by atoms with Gasteiger partial charge in [-0.3, -0.25) is 9.67 Å². The lowest BCUT2D eigenvalue weighted by atomic mass is 10.0. The zero-order chi connectivity index (χ0) is 18.9. The molecule has 0 bridgehead atoms. The van der Waals surface area contributed by atoms with Crippen LogP contribution in [0.25, 0.3) is 0 Å². The molecule has 2 rings (SSSR count). The van der Waals surface area contributed by atoms with Crippen molar-refractivity contribution in [2.45, 2.75) is 39.7 Å². The van der Waals surface area contributed by atoms with Crippen LogP contribution in [-0.2, 0) is 6.54 Å². The fourth-order valence-electron chi connectivity index (χ4n) is 2.99. The highest BCUT2D eigenvalue weighted by Crippen LogP contribution is 2.25. The molecular formula is C20H31N5O. The number of hydrogen-bond donors (Lipinski definition) is 2. The van der Waals surface area contributed by atoms with Crippen molar-refractivity contribution in [3.05, 3.63) is 47.3 Å². The molecule has 0 fully saturated rings. The van der Waals surface area contributed by atoms with Gasteiger partial charge in [-0.05, 0) is 38.0 Å². The maximum absolute atomic E-state index is 5.45. The summed E-state index contributed by atoms with van der Waals surface area (Å²) in [6, 6.07) is 10.2. The molecule has 6 heteroatoms. The molecule has 0 aliphatic heterocycles. The topological polar surface area (TPSA) is 63.5 Å². The Hall–Kier alpha value is -2.50. The van der Waals surface area contributed by atoms with Crippen LogP contribution < -0.4 is 15.4 Å². The molecule has 1 aromatic carbocycles. The quantitative estimate of drug-likeness (QED) is 0.433. The Labute approximate surface area is 156 Å². The van der Waals surface area contributed by atoms with Crippen LogP contribution in [0.3, 0.4) is 0 Å². The minimum absolute atomic E-state index is 0.319. The molecule has 2 N–H and O–H groups in total. The van der Waals surface area contributed by atoms with Crippen LogP contribution in [0.2, 0.25) is 0 Å². The van der Waals surface area contributed by atoms with E-state index in [1.807, 2.05) is 25.1 Å². The first-order valence-corrected chi connectivity index (χ1v) is 9.13. The fraction of sp³-hybridized carbons (Fsp3) is 0.500. The van der Waals surface area contributed by atoms with E-state index in [2.05, 4.69) is 51.4 Å². The molecule has 0 aliphatic rings. The van der Waals surface area contributed by atoms with E-state index in [4.69, 9.17) is 4.74 Å². The average Bonchev–Trinajstić information content (AvgIpc) is 2.98. The van der Waals surface area contributed by atoms with Crippen LogP contribution in [0.4, 0.5) is 0 Å². The van der Waals surface area contributed by atoms with Crippen molar-refractivity contribution in [3.8, 4) is 5.75 Å². The summed E-state index contributed by atoms with van der Waals surface area (Å²) in [7, 11) is 3.51. The Bertz CT molecular complexity index is 723. The molecule has 6 nitrogen and oxygen atoms in total. The molecule has 0 radical (unpaired) electrons. The summed E-state index contributed by atoms with van der Waals surface area (Å²) in [4.78, 5) is 4.30. The van der Waals surface area contributed by atoms with E-state index in [0.717, 1.165) is 43.5 Å². The summed E-state index contributed by atoms with van der Waals surface area (Å²) >= 11 is 0. The van der Waals surface area contributed by atoms with E-state index < -0.39 is 0 Å². The standard InChI is InChI=1S/C20H31N5O/c1-15(18-9-6-7-10-19(18)26-5)14-23-20(21-4)22-11-8-12-25-17(3)13-16(2)24-25/h6-7,9-10,13,15H,8,11-12,14H2,1-5H3,(H2,21,22,23). The third-order valence-corrected chi connectivity index (χ3v) is 4.41. The summed E-state index contributed by atoms with van der Waals surface area (Å²) < 4.78 is 7.50. The van der Waals surface area contributed by atoms with Crippen LogP contribution in [0.1, 0.15) is 36.2 Å². The molecule has 26 heavy (non-hydrogen) atoms. The molecular weight excluding hydrogens is 326 g/mol. The normalized spacial score (nSPS) is 12.7. The van der Waals surface area contributed by atoms with E-state index in [-0.39, 0.29) is 0 Å². The Morgan fingerprint density at radius 1 is 1.27 bits per heavy atom. The largest absolute Gasteiger partial charge is 0.496 e. The first-order chi connectivity index (χ1) is 12.5. The molecule has 142 valence electrons. The van der Waals surface area contributed by atoms with Gasteiger partial charge in [0.25, 0.3) is 0 Å². The monoisotopic (exact) mass is 357 g/mol. The lowest BCUT2D eigenvalue weighted by Crippen LogP contribution is -2.39. The van der Waals surface area contributed by atoms with E-state index in [9.17, 15) is 0 Å².